The van der Waals surface area contributed by atoms with Crippen LogP contribution < -0.4 is 11.3 Å². The normalized spacial score (nSPS) is 10.2. The molecule has 17 heavy (non-hydrogen) atoms. The van der Waals surface area contributed by atoms with Gasteiger partial charge < -0.3 is 20.1 Å². The average Bonchev–Trinajstić information content (AvgIpc) is 2.29. The maximum absolute atomic E-state index is 11.4. The van der Waals surface area contributed by atoms with Gasteiger partial charge in [0.1, 0.15) is 6.54 Å². The second-order valence-electron chi connectivity index (χ2n) is 3.58. The van der Waals surface area contributed by atoms with E-state index in [1.807, 2.05) is 0 Å². The standard InChI is InChI=1S/C11H16N2O4/c12-9-3-4-10(15)13(7-9)8-11(16)17-6-2-1-5-14/h3-4,7,14H,1-2,5-6,8,12H2. The lowest BCUT2D eigenvalue weighted by atomic mass is 10.3. The van der Waals surface area contributed by atoms with Gasteiger partial charge in [0.2, 0.25) is 0 Å². The number of anilines is 1. The molecule has 0 aliphatic heterocycles. The van der Waals surface area contributed by atoms with Crippen LogP contribution in [0.25, 0.3) is 0 Å². The van der Waals surface area contributed by atoms with E-state index in [1.165, 1.54) is 22.9 Å². The van der Waals surface area contributed by atoms with Crippen molar-refractivity contribution in [1.82, 2.24) is 4.57 Å². The molecule has 1 rings (SSSR count). The molecule has 0 bridgehead atoms. The smallest absolute Gasteiger partial charge is 0.326 e. The first-order valence-corrected chi connectivity index (χ1v) is 5.36. The van der Waals surface area contributed by atoms with E-state index < -0.39 is 5.97 Å². The largest absolute Gasteiger partial charge is 0.464 e. The number of aliphatic hydroxyl groups is 1. The van der Waals surface area contributed by atoms with E-state index in [9.17, 15) is 9.59 Å². The molecule has 0 saturated carbocycles. The summed E-state index contributed by atoms with van der Waals surface area (Å²) in [5, 5.41) is 8.53. The topological polar surface area (TPSA) is 94.6 Å². The number of carbonyl (C=O) groups is 1. The molecule has 0 aromatic carbocycles. The highest BCUT2D eigenvalue weighted by atomic mass is 16.5. The summed E-state index contributed by atoms with van der Waals surface area (Å²) in [6, 6.07) is 2.78. The van der Waals surface area contributed by atoms with E-state index in [2.05, 4.69) is 0 Å². The molecule has 0 unspecified atom stereocenters. The molecule has 94 valence electrons. The molecule has 0 spiro atoms. The van der Waals surface area contributed by atoms with E-state index in [1.54, 1.807) is 0 Å². The summed E-state index contributed by atoms with van der Waals surface area (Å²) >= 11 is 0. The predicted molar refractivity (Wildman–Crippen MR) is 62.4 cm³/mol. The van der Waals surface area contributed by atoms with Crippen LogP contribution in [0.5, 0.6) is 0 Å². The summed E-state index contributed by atoms with van der Waals surface area (Å²) in [6.45, 7) is 0.172. The summed E-state index contributed by atoms with van der Waals surface area (Å²) in [5.41, 5.74) is 5.62. The molecule has 0 fully saturated rings. The molecule has 0 saturated heterocycles. The van der Waals surface area contributed by atoms with Crippen molar-refractivity contribution in [3.63, 3.8) is 0 Å². The Balaban J connectivity index is 2.45. The monoisotopic (exact) mass is 240 g/mol. The van der Waals surface area contributed by atoms with Crippen molar-refractivity contribution < 1.29 is 14.6 Å². The molecule has 1 heterocycles. The van der Waals surface area contributed by atoms with Gasteiger partial charge in [-0.15, -0.1) is 0 Å². The van der Waals surface area contributed by atoms with Gasteiger partial charge in [-0.2, -0.15) is 0 Å². The van der Waals surface area contributed by atoms with Gasteiger partial charge in [0.05, 0.1) is 6.61 Å². The number of esters is 1. The van der Waals surface area contributed by atoms with Crippen LogP contribution in [0.2, 0.25) is 0 Å². The summed E-state index contributed by atoms with van der Waals surface area (Å²) < 4.78 is 6.09. The van der Waals surface area contributed by atoms with Gasteiger partial charge in [-0.25, -0.2) is 0 Å². The Labute approximate surface area is 98.6 Å². The molecule has 1 aromatic rings. The minimum Gasteiger partial charge on any atom is -0.464 e. The second kappa shape index (κ2) is 6.70. The number of pyridine rings is 1. The van der Waals surface area contributed by atoms with E-state index in [0.29, 0.717) is 18.5 Å². The van der Waals surface area contributed by atoms with Crippen LogP contribution in [0.1, 0.15) is 12.8 Å². The fraction of sp³-hybridized carbons (Fsp3) is 0.455. The SMILES string of the molecule is Nc1ccc(=O)n(CC(=O)OCCCCO)c1. The number of aromatic nitrogens is 1. The van der Waals surface area contributed by atoms with Crippen molar-refractivity contribution in [3.8, 4) is 0 Å². The van der Waals surface area contributed by atoms with Crippen molar-refractivity contribution in [2.75, 3.05) is 18.9 Å². The van der Waals surface area contributed by atoms with Gasteiger partial charge in [-0.1, -0.05) is 0 Å². The number of nitrogens with two attached hydrogens (primary N) is 1. The van der Waals surface area contributed by atoms with Crippen LogP contribution in [0.4, 0.5) is 5.69 Å². The summed E-state index contributed by atoms with van der Waals surface area (Å²) in [4.78, 5) is 22.7. The number of rotatable bonds is 6. The van der Waals surface area contributed by atoms with Gasteiger partial charge in [0.25, 0.3) is 5.56 Å². The molecule has 6 nitrogen and oxygen atoms in total. The van der Waals surface area contributed by atoms with Crippen molar-refractivity contribution in [2.45, 2.75) is 19.4 Å². The molecule has 0 amide bonds. The third-order valence-electron chi connectivity index (χ3n) is 2.12. The molecule has 6 heteroatoms. The molecule has 0 aliphatic rings. The Hall–Kier alpha value is -1.82. The number of aliphatic hydroxyl groups excluding tert-OH is 1. The maximum atomic E-state index is 11.4. The zero-order valence-electron chi connectivity index (χ0n) is 9.46. The third kappa shape index (κ3) is 4.69. The van der Waals surface area contributed by atoms with Gasteiger partial charge in [0, 0.05) is 24.6 Å². The molecule has 1 aromatic heterocycles. The van der Waals surface area contributed by atoms with Crippen LogP contribution >= 0.6 is 0 Å². The van der Waals surface area contributed by atoms with E-state index in [0.717, 1.165) is 0 Å². The van der Waals surface area contributed by atoms with Crippen molar-refractivity contribution in [2.24, 2.45) is 0 Å². The Morgan fingerprint density at radius 1 is 1.41 bits per heavy atom. The lowest BCUT2D eigenvalue weighted by molar-refractivity contribution is -0.144. The van der Waals surface area contributed by atoms with Crippen molar-refractivity contribution in [3.05, 3.63) is 28.7 Å². The highest BCUT2D eigenvalue weighted by Crippen LogP contribution is 1.97. The van der Waals surface area contributed by atoms with Crippen molar-refractivity contribution in [1.29, 1.82) is 0 Å². The number of nitrogens with zero attached hydrogens (tertiary/aromatic N) is 1. The maximum Gasteiger partial charge on any atom is 0.326 e. The van der Waals surface area contributed by atoms with Gasteiger partial charge in [-0.3, -0.25) is 9.59 Å². The van der Waals surface area contributed by atoms with Crippen LogP contribution in [-0.4, -0.2) is 28.9 Å². The minimum absolute atomic E-state index is 0.0756. The fourth-order valence-electron chi connectivity index (χ4n) is 1.26. The number of unbranched alkanes of at least 4 members (excludes halogenated alkanes) is 1. The van der Waals surface area contributed by atoms with E-state index >= 15 is 0 Å². The quantitative estimate of drug-likeness (QED) is 0.528. The number of nitrogen functional groups attached to an aromatic ring is 1. The molecular formula is C11H16N2O4. The molecular weight excluding hydrogens is 224 g/mol. The Bertz CT molecular complexity index is 428. The number of ether oxygens (including phenoxy) is 1. The van der Waals surface area contributed by atoms with Crippen molar-refractivity contribution >= 4 is 11.7 Å². The minimum atomic E-state index is -0.490. The number of hydrogen-bond acceptors (Lipinski definition) is 5. The summed E-state index contributed by atoms with van der Waals surface area (Å²) in [6.07, 6.45) is 2.59. The highest BCUT2D eigenvalue weighted by molar-refractivity contribution is 5.69. The zero-order valence-corrected chi connectivity index (χ0v) is 9.46. The lowest BCUT2D eigenvalue weighted by Gasteiger charge is -2.06. The molecule has 0 atom stereocenters. The molecule has 3 N–H and O–H groups in total. The lowest BCUT2D eigenvalue weighted by Crippen LogP contribution is -2.24. The third-order valence-corrected chi connectivity index (χ3v) is 2.12. The van der Waals surface area contributed by atoms with E-state index in [4.69, 9.17) is 15.6 Å². The Morgan fingerprint density at radius 3 is 2.88 bits per heavy atom. The fourth-order valence-corrected chi connectivity index (χ4v) is 1.26. The first-order valence-electron chi connectivity index (χ1n) is 5.36. The van der Waals surface area contributed by atoms with Gasteiger partial charge in [0.15, 0.2) is 0 Å². The number of hydrogen-bond donors (Lipinski definition) is 2. The summed E-state index contributed by atoms with van der Waals surface area (Å²) in [7, 11) is 0. The molecule has 0 aliphatic carbocycles. The van der Waals surface area contributed by atoms with Gasteiger partial charge in [-0.05, 0) is 18.9 Å². The first-order chi connectivity index (χ1) is 8.13. The average molecular weight is 240 g/mol. The Morgan fingerprint density at radius 2 is 2.18 bits per heavy atom. The second-order valence-corrected chi connectivity index (χ2v) is 3.58. The Kier molecular flexibility index (Phi) is 5.22. The van der Waals surface area contributed by atoms with E-state index in [-0.39, 0.29) is 25.3 Å². The first kappa shape index (κ1) is 13.2. The molecule has 0 radical (unpaired) electrons. The zero-order chi connectivity index (χ0) is 12.7. The van der Waals surface area contributed by atoms with Crippen LogP contribution in [0.15, 0.2) is 23.1 Å². The number of carbonyl (C=O) groups excluding carboxylic acids is 1. The van der Waals surface area contributed by atoms with Crippen LogP contribution in [0.3, 0.4) is 0 Å². The highest BCUT2D eigenvalue weighted by Gasteiger charge is 2.05. The van der Waals surface area contributed by atoms with Crippen LogP contribution in [-0.2, 0) is 16.1 Å². The predicted octanol–water partition coefficient (Wildman–Crippen LogP) is -0.254. The summed E-state index contributed by atoms with van der Waals surface area (Å²) in [5.74, 6) is -0.490. The van der Waals surface area contributed by atoms with Crippen LogP contribution in [0, 0.1) is 0 Å². The van der Waals surface area contributed by atoms with Gasteiger partial charge >= 0.3 is 5.97 Å².